The lowest BCUT2D eigenvalue weighted by atomic mass is 10.1. The highest BCUT2D eigenvalue weighted by molar-refractivity contribution is 14.1. The van der Waals surface area contributed by atoms with Crippen LogP contribution in [0.3, 0.4) is 0 Å². The number of hydrogen-bond donors (Lipinski definition) is 4. The number of carbonyl (C=O) groups is 1. The summed E-state index contributed by atoms with van der Waals surface area (Å²) in [5.41, 5.74) is 0.0416. The number of hydrogen-bond acceptors (Lipinski definition) is 7. The number of carbonyl (C=O) groups excluding carboxylic acids is 1. The van der Waals surface area contributed by atoms with Crippen molar-refractivity contribution in [1.29, 1.82) is 0 Å². The van der Waals surface area contributed by atoms with Gasteiger partial charge in [0, 0.05) is 14.5 Å². The lowest BCUT2D eigenvalue weighted by Crippen LogP contribution is -2.26. The first-order chi connectivity index (χ1) is 15.8. The van der Waals surface area contributed by atoms with Crippen molar-refractivity contribution in [3.63, 3.8) is 0 Å². The molecule has 1 amide bonds. The fourth-order valence-corrected chi connectivity index (χ4v) is 3.23. The van der Waals surface area contributed by atoms with Gasteiger partial charge in [-0.3, -0.25) is 9.63 Å². The van der Waals surface area contributed by atoms with Gasteiger partial charge in [-0.1, -0.05) is 5.16 Å². The largest absolute Gasteiger partial charge is 0.396 e. The molecule has 0 bridgehead atoms. The smallest absolute Gasteiger partial charge is 0.277 e. The Morgan fingerprint density at radius 2 is 1.97 bits per heavy atom. The van der Waals surface area contributed by atoms with E-state index in [1.54, 1.807) is 6.07 Å². The number of oxime groups is 1. The molecule has 1 aliphatic carbocycles. The maximum Gasteiger partial charge on any atom is 0.277 e. The maximum atomic E-state index is 15.0. The van der Waals surface area contributed by atoms with Crippen molar-refractivity contribution in [2.24, 2.45) is 10.6 Å². The number of benzene rings is 2. The standard InChI is InChI=1S/C21H21F3IN3O5/c22-15-8-13(25)1-2-16(15)27-19-14(20(31)28-32-6-5-29)7-12(17(23)18(19)24)9-26-33-11-21(10-30)3-4-21/h1-2,7-9,27,29-30H,3-6,10-11H2,(H,28,31). The fourth-order valence-electron chi connectivity index (χ4n) is 2.78. The summed E-state index contributed by atoms with van der Waals surface area (Å²) in [4.78, 5) is 22.4. The molecule has 0 heterocycles. The Balaban J connectivity index is 1.91. The molecule has 0 unspecified atom stereocenters. The van der Waals surface area contributed by atoms with Gasteiger partial charge in [0.1, 0.15) is 12.4 Å². The van der Waals surface area contributed by atoms with Gasteiger partial charge in [-0.05, 0) is 59.7 Å². The number of hydroxylamine groups is 1. The van der Waals surface area contributed by atoms with Crippen molar-refractivity contribution >= 4 is 46.1 Å². The molecule has 8 nitrogen and oxygen atoms in total. The van der Waals surface area contributed by atoms with E-state index in [4.69, 9.17) is 14.8 Å². The molecule has 0 radical (unpaired) electrons. The zero-order valence-corrected chi connectivity index (χ0v) is 19.4. The van der Waals surface area contributed by atoms with Crippen LogP contribution in [0.1, 0.15) is 28.8 Å². The van der Waals surface area contributed by atoms with Crippen LogP contribution in [-0.2, 0) is 9.68 Å². The molecule has 33 heavy (non-hydrogen) atoms. The lowest BCUT2D eigenvalue weighted by molar-refractivity contribution is 0.0168. The number of halogens is 4. The summed E-state index contributed by atoms with van der Waals surface area (Å²) < 4.78 is 44.6. The Morgan fingerprint density at radius 1 is 1.21 bits per heavy atom. The topological polar surface area (TPSA) is 112 Å². The van der Waals surface area contributed by atoms with Gasteiger partial charge >= 0.3 is 0 Å². The van der Waals surface area contributed by atoms with E-state index in [-0.39, 0.29) is 37.5 Å². The summed E-state index contributed by atoms with van der Waals surface area (Å²) in [5, 5.41) is 24.1. The third kappa shape index (κ3) is 6.34. The summed E-state index contributed by atoms with van der Waals surface area (Å²) in [6, 6.07) is 5.03. The monoisotopic (exact) mass is 579 g/mol. The Labute approximate surface area is 200 Å². The van der Waals surface area contributed by atoms with Crippen molar-refractivity contribution in [1.82, 2.24) is 5.48 Å². The molecule has 0 saturated heterocycles. The second kappa shape index (κ2) is 11.1. The van der Waals surface area contributed by atoms with Gasteiger partial charge in [-0.2, -0.15) is 0 Å². The SMILES string of the molecule is O=C(NOCCO)c1cc(C=NOCC2(CO)CC2)c(F)c(F)c1Nc1ccc(I)cc1F. The second-order valence-electron chi connectivity index (χ2n) is 7.43. The molecule has 1 aliphatic rings. The lowest BCUT2D eigenvalue weighted by Gasteiger charge is -2.16. The van der Waals surface area contributed by atoms with E-state index >= 15 is 0 Å². The Morgan fingerprint density at radius 3 is 2.61 bits per heavy atom. The van der Waals surface area contributed by atoms with Crippen molar-refractivity contribution in [3.05, 3.63) is 56.4 Å². The molecule has 0 aromatic heterocycles. The number of aliphatic hydroxyl groups is 2. The molecular weight excluding hydrogens is 558 g/mol. The molecule has 12 heteroatoms. The molecule has 0 atom stereocenters. The van der Waals surface area contributed by atoms with Gasteiger partial charge in [0.25, 0.3) is 5.91 Å². The Hall–Kier alpha value is -2.42. The minimum Gasteiger partial charge on any atom is -0.396 e. The van der Waals surface area contributed by atoms with Crippen LogP contribution in [-0.4, -0.2) is 48.8 Å². The van der Waals surface area contributed by atoms with E-state index in [1.807, 2.05) is 28.1 Å². The van der Waals surface area contributed by atoms with E-state index in [9.17, 15) is 23.1 Å². The molecule has 1 fully saturated rings. The van der Waals surface area contributed by atoms with Gasteiger partial charge in [0.15, 0.2) is 11.6 Å². The minimum atomic E-state index is -1.45. The molecule has 2 aromatic carbocycles. The molecule has 1 saturated carbocycles. The molecular formula is C21H21F3IN3O5. The number of anilines is 2. The number of amides is 1. The van der Waals surface area contributed by atoms with Crippen molar-refractivity contribution in [2.75, 3.05) is 31.7 Å². The highest BCUT2D eigenvalue weighted by Gasteiger charge is 2.43. The quantitative estimate of drug-likeness (QED) is 0.141. The molecule has 3 rings (SSSR count). The van der Waals surface area contributed by atoms with E-state index in [0.717, 1.165) is 25.1 Å². The average molecular weight is 579 g/mol. The Bertz CT molecular complexity index is 1050. The fraction of sp³-hybridized carbons (Fsp3) is 0.333. The molecule has 2 aromatic rings. The van der Waals surface area contributed by atoms with Gasteiger partial charge < -0.3 is 20.4 Å². The van der Waals surface area contributed by atoms with Crippen LogP contribution in [0.4, 0.5) is 24.5 Å². The van der Waals surface area contributed by atoms with Crippen LogP contribution >= 0.6 is 22.6 Å². The van der Waals surface area contributed by atoms with Crippen LogP contribution in [0.2, 0.25) is 0 Å². The predicted octanol–water partition coefficient (Wildman–Crippen LogP) is 3.23. The van der Waals surface area contributed by atoms with Gasteiger partial charge in [-0.25, -0.2) is 18.7 Å². The number of rotatable bonds is 11. The zero-order chi connectivity index (χ0) is 24.0. The van der Waals surface area contributed by atoms with E-state index in [1.165, 1.54) is 12.1 Å². The van der Waals surface area contributed by atoms with Crippen LogP contribution in [0.15, 0.2) is 29.4 Å². The molecule has 4 N–H and O–H groups in total. The molecule has 178 valence electrons. The first kappa shape index (κ1) is 25.2. The predicted molar refractivity (Wildman–Crippen MR) is 122 cm³/mol. The van der Waals surface area contributed by atoms with Crippen molar-refractivity contribution in [2.45, 2.75) is 12.8 Å². The number of nitrogens with zero attached hydrogens (tertiary/aromatic N) is 1. The zero-order valence-electron chi connectivity index (χ0n) is 17.2. The molecule has 0 aliphatic heterocycles. The summed E-state index contributed by atoms with van der Waals surface area (Å²) >= 11 is 1.89. The average Bonchev–Trinajstić information content (AvgIpc) is 3.57. The first-order valence-electron chi connectivity index (χ1n) is 9.83. The van der Waals surface area contributed by atoms with Crippen molar-refractivity contribution in [3.8, 4) is 0 Å². The van der Waals surface area contributed by atoms with Gasteiger partial charge in [0.05, 0.1) is 43.0 Å². The third-order valence-electron chi connectivity index (χ3n) is 4.96. The number of aliphatic hydroxyl groups excluding tert-OH is 2. The third-order valence-corrected chi connectivity index (χ3v) is 5.63. The van der Waals surface area contributed by atoms with Gasteiger partial charge in [-0.15, -0.1) is 0 Å². The minimum absolute atomic E-state index is 0.0703. The van der Waals surface area contributed by atoms with E-state index in [2.05, 4.69) is 10.5 Å². The highest BCUT2D eigenvalue weighted by atomic mass is 127. The van der Waals surface area contributed by atoms with Crippen LogP contribution < -0.4 is 10.8 Å². The van der Waals surface area contributed by atoms with Crippen LogP contribution in [0.5, 0.6) is 0 Å². The maximum absolute atomic E-state index is 15.0. The number of nitrogens with one attached hydrogen (secondary N) is 2. The van der Waals surface area contributed by atoms with Gasteiger partial charge in [0.2, 0.25) is 0 Å². The summed E-state index contributed by atoms with van der Waals surface area (Å²) in [5.74, 6) is -4.49. The summed E-state index contributed by atoms with van der Waals surface area (Å²) in [7, 11) is 0. The first-order valence-corrected chi connectivity index (χ1v) is 10.9. The summed E-state index contributed by atoms with van der Waals surface area (Å²) in [6.07, 6.45) is 2.44. The van der Waals surface area contributed by atoms with E-state index in [0.29, 0.717) is 3.57 Å². The summed E-state index contributed by atoms with van der Waals surface area (Å²) in [6.45, 7) is -0.586. The highest BCUT2D eigenvalue weighted by Crippen LogP contribution is 2.45. The van der Waals surface area contributed by atoms with Crippen molar-refractivity contribution < 1.29 is 37.9 Å². The van der Waals surface area contributed by atoms with E-state index < -0.39 is 40.2 Å². The Kier molecular flexibility index (Phi) is 8.51. The second-order valence-corrected chi connectivity index (χ2v) is 8.68. The van der Waals surface area contributed by atoms with Crippen LogP contribution in [0, 0.1) is 26.4 Å². The van der Waals surface area contributed by atoms with Crippen LogP contribution in [0.25, 0.3) is 0 Å². The molecule has 0 spiro atoms. The normalized spacial score (nSPS) is 14.4.